The molecule has 1 aromatic rings. The van der Waals surface area contributed by atoms with Gasteiger partial charge in [-0.2, -0.15) is 4.39 Å². The van der Waals surface area contributed by atoms with Crippen LogP contribution in [0.2, 0.25) is 0 Å². The van der Waals surface area contributed by atoms with Crippen molar-refractivity contribution in [3.63, 3.8) is 0 Å². The van der Waals surface area contributed by atoms with Crippen LogP contribution in [0, 0.1) is 5.82 Å². The first kappa shape index (κ1) is 22.8. The fourth-order valence-electron chi connectivity index (χ4n) is 3.31. The summed E-state index contributed by atoms with van der Waals surface area (Å²) < 4.78 is 29.9. The maximum absolute atomic E-state index is 13.9. The first-order valence-electron chi connectivity index (χ1n) is 8.71. The Kier molecular flexibility index (Phi) is 6.74. The van der Waals surface area contributed by atoms with Gasteiger partial charge in [-0.05, 0) is 0 Å². The van der Waals surface area contributed by atoms with Crippen molar-refractivity contribution in [3.05, 3.63) is 32.9 Å². The van der Waals surface area contributed by atoms with Crippen molar-refractivity contribution in [2.24, 2.45) is 0 Å². The van der Waals surface area contributed by atoms with Gasteiger partial charge in [0, 0.05) is 27.7 Å². The van der Waals surface area contributed by atoms with E-state index >= 15 is 0 Å². The molecule has 0 unspecified atom stereocenters. The van der Waals surface area contributed by atoms with Gasteiger partial charge < -0.3 is 19.1 Å². The molecule has 0 aliphatic carbocycles. The molecule has 1 aliphatic rings. The first-order valence-corrected chi connectivity index (χ1v) is 8.71. The summed E-state index contributed by atoms with van der Waals surface area (Å²) in [6.45, 7) is 3.83. The highest BCUT2D eigenvalue weighted by Gasteiger charge is 2.56. The van der Waals surface area contributed by atoms with Crippen molar-refractivity contribution in [2.75, 3.05) is 6.61 Å². The molecule has 1 aliphatic heterocycles. The number of nitrogens with zero attached hydrogens (tertiary/aromatic N) is 2. The minimum absolute atomic E-state index is 0.471. The quantitative estimate of drug-likeness (QED) is 0.450. The Morgan fingerprint density at radius 2 is 1.57 bits per heavy atom. The Bertz CT molecular complexity index is 985. The molecule has 0 saturated carbocycles. The number of amides is 1. The van der Waals surface area contributed by atoms with Crippen molar-refractivity contribution < 1.29 is 37.8 Å². The zero-order chi connectivity index (χ0) is 22.7. The van der Waals surface area contributed by atoms with Crippen LogP contribution in [0.25, 0.3) is 0 Å². The number of aromatic nitrogens is 2. The number of carbonyl (C=O) groups excluding carboxylic acids is 4. The van der Waals surface area contributed by atoms with Crippen LogP contribution in [0.5, 0.6) is 0 Å². The van der Waals surface area contributed by atoms with Crippen LogP contribution >= 0.6 is 0 Å². The van der Waals surface area contributed by atoms with E-state index in [2.05, 4.69) is 0 Å². The molecule has 1 amide bonds. The Hall–Kier alpha value is -3.51. The number of hydrogen-bond donors (Lipinski definition) is 1. The zero-order valence-corrected chi connectivity index (χ0v) is 16.5. The molecule has 1 fully saturated rings. The van der Waals surface area contributed by atoms with Crippen LogP contribution in [-0.4, -0.2) is 63.1 Å². The summed E-state index contributed by atoms with van der Waals surface area (Å²) in [5, 5.41) is 0. The zero-order valence-electron chi connectivity index (χ0n) is 16.5. The molecular weight excluding hydrogens is 409 g/mol. The van der Waals surface area contributed by atoms with E-state index in [1.807, 2.05) is 0 Å². The van der Waals surface area contributed by atoms with Crippen molar-refractivity contribution >= 4 is 23.8 Å². The molecule has 0 bridgehead atoms. The van der Waals surface area contributed by atoms with Crippen molar-refractivity contribution in [1.29, 1.82) is 0 Å². The Morgan fingerprint density at radius 1 is 1.00 bits per heavy atom. The summed E-state index contributed by atoms with van der Waals surface area (Å²) in [4.78, 5) is 73.5. The van der Waals surface area contributed by atoms with E-state index in [9.17, 15) is 33.2 Å². The number of hydrogen-bond acceptors (Lipinski definition) is 9. The molecule has 1 saturated heterocycles. The fourth-order valence-corrected chi connectivity index (χ4v) is 3.31. The lowest BCUT2D eigenvalue weighted by Gasteiger charge is -2.30. The van der Waals surface area contributed by atoms with E-state index in [1.165, 1.54) is 0 Å². The second kappa shape index (κ2) is 8.88. The SMILES string of the molecule is CC(=O)OC[C@@H]1[C@@H](OC(C)=O)[C@@H](OC(C)=O)[C@@H](n2cc(F)c(=O)[nH]c2=O)N1C(C)=O. The number of esters is 3. The molecule has 0 spiro atoms. The number of rotatable bonds is 5. The van der Waals surface area contributed by atoms with Gasteiger partial charge in [-0.3, -0.25) is 33.5 Å². The predicted molar refractivity (Wildman–Crippen MR) is 94.4 cm³/mol. The average molecular weight is 429 g/mol. The monoisotopic (exact) mass is 429 g/mol. The highest BCUT2D eigenvalue weighted by molar-refractivity contribution is 5.75. The van der Waals surface area contributed by atoms with Crippen molar-refractivity contribution in [2.45, 2.75) is 52.1 Å². The van der Waals surface area contributed by atoms with Crippen molar-refractivity contribution in [1.82, 2.24) is 14.5 Å². The Balaban J connectivity index is 2.71. The highest BCUT2D eigenvalue weighted by atomic mass is 19.1. The largest absolute Gasteiger partial charge is 0.464 e. The number of ether oxygens (including phenoxy) is 3. The molecule has 0 radical (unpaired) electrons. The summed E-state index contributed by atoms with van der Waals surface area (Å²) in [5.41, 5.74) is -2.40. The lowest BCUT2D eigenvalue weighted by atomic mass is 10.1. The maximum atomic E-state index is 13.9. The summed E-state index contributed by atoms with van der Waals surface area (Å²) in [6.07, 6.45) is -3.80. The average Bonchev–Trinajstić information content (AvgIpc) is 2.88. The normalized spacial score (nSPS) is 23.0. The van der Waals surface area contributed by atoms with Gasteiger partial charge in [0.1, 0.15) is 12.6 Å². The third-order valence-electron chi connectivity index (χ3n) is 4.27. The topological polar surface area (TPSA) is 154 Å². The third-order valence-corrected chi connectivity index (χ3v) is 4.27. The summed E-state index contributed by atoms with van der Waals surface area (Å²) in [6, 6.07) is -1.17. The van der Waals surface area contributed by atoms with Gasteiger partial charge in [0.05, 0.1) is 6.20 Å². The molecular formula is C17H20FN3O9. The predicted octanol–water partition coefficient (Wildman–Crippen LogP) is -1.17. The number of halogens is 1. The van der Waals surface area contributed by atoms with E-state index < -0.39 is 71.9 Å². The van der Waals surface area contributed by atoms with Gasteiger partial charge in [-0.1, -0.05) is 0 Å². The van der Waals surface area contributed by atoms with Crippen molar-refractivity contribution in [3.8, 4) is 0 Å². The van der Waals surface area contributed by atoms with Gasteiger partial charge >= 0.3 is 23.6 Å². The number of nitrogens with one attached hydrogen (secondary N) is 1. The van der Waals surface area contributed by atoms with Gasteiger partial charge in [-0.25, -0.2) is 4.79 Å². The third kappa shape index (κ3) is 4.72. The minimum Gasteiger partial charge on any atom is -0.464 e. The molecule has 0 aromatic carbocycles. The first-order chi connectivity index (χ1) is 13.9. The molecule has 13 heteroatoms. The van der Waals surface area contributed by atoms with Crippen LogP contribution in [0.15, 0.2) is 15.8 Å². The van der Waals surface area contributed by atoms with E-state index in [0.717, 1.165) is 32.6 Å². The fraction of sp³-hybridized carbons (Fsp3) is 0.529. The van der Waals surface area contributed by atoms with Crippen LogP contribution in [0.3, 0.4) is 0 Å². The number of H-pyrrole nitrogens is 1. The lowest BCUT2D eigenvalue weighted by molar-refractivity contribution is -0.166. The molecule has 30 heavy (non-hydrogen) atoms. The lowest BCUT2D eigenvalue weighted by Crippen LogP contribution is -2.47. The van der Waals surface area contributed by atoms with E-state index in [0.29, 0.717) is 10.8 Å². The molecule has 164 valence electrons. The molecule has 2 heterocycles. The van der Waals surface area contributed by atoms with E-state index in [-0.39, 0.29) is 0 Å². The van der Waals surface area contributed by atoms with Crippen LogP contribution in [-0.2, 0) is 33.4 Å². The standard InChI is InChI=1S/C17H20FN3O9/c1-7(22)21-12(6-28-8(2)23)13(29-9(3)24)14(30-10(4)25)16(21)20-5-11(18)15(26)19-17(20)27/h5,12-14,16H,6H2,1-4H3,(H,19,26,27)/t12-,13-,14-,16+/m1/s1. The van der Waals surface area contributed by atoms with Crippen LogP contribution in [0.4, 0.5) is 4.39 Å². The number of aromatic amines is 1. The summed E-state index contributed by atoms with van der Waals surface area (Å²) in [7, 11) is 0. The van der Waals surface area contributed by atoms with Gasteiger partial charge in [-0.15, -0.1) is 0 Å². The van der Waals surface area contributed by atoms with Crippen LogP contribution in [0.1, 0.15) is 33.9 Å². The molecule has 1 N–H and O–H groups in total. The molecule has 4 atom stereocenters. The number of carbonyl (C=O) groups is 4. The Labute approximate surface area is 168 Å². The molecule has 1 aromatic heterocycles. The van der Waals surface area contributed by atoms with E-state index in [1.54, 1.807) is 4.98 Å². The molecule has 12 nitrogen and oxygen atoms in total. The highest BCUT2D eigenvalue weighted by Crippen LogP contribution is 2.36. The van der Waals surface area contributed by atoms with Gasteiger partial charge in [0.25, 0.3) is 5.56 Å². The van der Waals surface area contributed by atoms with Gasteiger partial charge in [0.15, 0.2) is 18.4 Å². The second-order valence-corrected chi connectivity index (χ2v) is 6.50. The molecule has 2 rings (SSSR count). The van der Waals surface area contributed by atoms with Gasteiger partial charge in [0.2, 0.25) is 11.7 Å². The summed E-state index contributed by atoms with van der Waals surface area (Å²) in [5.74, 6) is -4.40. The number of likely N-dealkylation sites (tertiary alicyclic amines) is 1. The minimum atomic E-state index is -1.50. The second-order valence-electron chi connectivity index (χ2n) is 6.50. The Morgan fingerprint density at radius 3 is 2.07 bits per heavy atom. The summed E-state index contributed by atoms with van der Waals surface area (Å²) >= 11 is 0. The maximum Gasteiger partial charge on any atom is 0.330 e. The van der Waals surface area contributed by atoms with Crippen LogP contribution < -0.4 is 11.2 Å². The van der Waals surface area contributed by atoms with E-state index in [4.69, 9.17) is 14.2 Å². The smallest absolute Gasteiger partial charge is 0.330 e.